The third-order valence-electron chi connectivity index (χ3n) is 3.38. The minimum Gasteiger partial charge on any atom is -0.322 e. The number of carbonyl (C=O) groups excluding carboxylic acids is 2. The fraction of sp³-hybridized carbons (Fsp3) is 0.0556. The summed E-state index contributed by atoms with van der Waals surface area (Å²) < 4.78 is 1.56. The first kappa shape index (κ1) is 16.3. The molecule has 0 aliphatic rings. The van der Waals surface area contributed by atoms with Crippen LogP contribution in [0.15, 0.2) is 67.0 Å². The summed E-state index contributed by atoms with van der Waals surface area (Å²) in [6.45, 7) is 0. The van der Waals surface area contributed by atoms with Crippen molar-refractivity contribution >= 4 is 29.0 Å². The molecule has 0 radical (unpaired) electrons. The molecular formula is C18H17N5O2. The van der Waals surface area contributed by atoms with Gasteiger partial charge >= 0.3 is 6.03 Å². The maximum atomic E-state index is 12.1. The molecule has 25 heavy (non-hydrogen) atoms. The van der Waals surface area contributed by atoms with Gasteiger partial charge in [0.15, 0.2) is 0 Å². The summed E-state index contributed by atoms with van der Waals surface area (Å²) in [5.41, 5.74) is 2.30. The van der Waals surface area contributed by atoms with E-state index in [0.29, 0.717) is 22.6 Å². The Labute approximate surface area is 144 Å². The Hall–Kier alpha value is -3.61. The lowest BCUT2D eigenvalue weighted by atomic mass is 10.2. The van der Waals surface area contributed by atoms with Gasteiger partial charge in [-0.1, -0.05) is 24.3 Å². The summed E-state index contributed by atoms with van der Waals surface area (Å²) in [5, 5.41) is 12.2. The quantitative estimate of drug-likeness (QED) is 0.683. The summed E-state index contributed by atoms with van der Waals surface area (Å²) in [4.78, 5) is 24.2. The molecule has 126 valence electrons. The van der Waals surface area contributed by atoms with Gasteiger partial charge in [-0.15, -0.1) is 0 Å². The lowest BCUT2D eigenvalue weighted by Crippen LogP contribution is -2.19. The van der Waals surface area contributed by atoms with E-state index in [1.807, 2.05) is 18.2 Å². The zero-order valence-electron chi connectivity index (χ0n) is 13.6. The third kappa shape index (κ3) is 4.44. The van der Waals surface area contributed by atoms with Crippen LogP contribution in [0.2, 0.25) is 0 Å². The summed E-state index contributed by atoms with van der Waals surface area (Å²) in [6.07, 6.45) is 3.12. The number of amides is 3. The van der Waals surface area contributed by atoms with Gasteiger partial charge in [-0.3, -0.25) is 9.48 Å². The highest BCUT2D eigenvalue weighted by molar-refractivity contribution is 6.04. The number of aryl methyl sites for hydroxylation is 1. The second kappa shape index (κ2) is 7.31. The molecule has 0 spiro atoms. The van der Waals surface area contributed by atoms with E-state index in [4.69, 9.17) is 0 Å². The molecule has 0 atom stereocenters. The summed E-state index contributed by atoms with van der Waals surface area (Å²) in [7, 11) is 1.74. The first-order valence-electron chi connectivity index (χ1n) is 7.63. The minimum atomic E-state index is -0.359. The number of anilines is 3. The second-order valence-corrected chi connectivity index (χ2v) is 5.38. The molecule has 0 saturated carbocycles. The molecule has 0 unspecified atom stereocenters. The Bertz CT molecular complexity index is 889. The van der Waals surface area contributed by atoms with E-state index in [9.17, 15) is 9.59 Å². The van der Waals surface area contributed by atoms with Gasteiger partial charge < -0.3 is 16.0 Å². The van der Waals surface area contributed by atoms with E-state index in [1.54, 1.807) is 54.3 Å². The number of benzene rings is 2. The normalized spacial score (nSPS) is 10.1. The van der Waals surface area contributed by atoms with Crippen LogP contribution < -0.4 is 16.0 Å². The van der Waals surface area contributed by atoms with E-state index in [0.717, 1.165) is 0 Å². The van der Waals surface area contributed by atoms with Gasteiger partial charge in [0.2, 0.25) is 0 Å². The van der Waals surface area contributed by atoms with Crippen molar-refractivity contribution in [1.82, 2.24) is 9.78 Å². The largest absolute Gasteiger partial charge is 0.323 e. The van der Waals surface area contributed by atoms with Gasteiger partial charge in [0.25, 0.3) is 5.91 Å². The van der Waals surface area contributed by atoms with E-state index in [1.165, 1.54) is 6.20 Å². The molecule has 3 aromatic rings. The fourth-order valence-electron chi connectivity index (χ4n) is 2.23. The number of urea groups is 1. The lowest BCUT2D eigenvalue weighted by Gasteiger charge is -2.09. The Balaban J connectivity index is 1.63. The zero-order chi connectivity index (χ0) is 17.6. The topological polar surface area (TPSA) is 88.0 Å². The van der Waals surface area contributed by atoms with E-state index >= 15 is 0 Å². The fourth-order valence-corrected chi connectivity index (χ4v) is 2.23. The Morgan fingerprint density at radius 2 is 1.52 bits per heavy atom. The average molecular weight is 335 g/mol. The van der Waals surface area contributed by atoms with Crippen molar-refractivity contribution < 1.29 is 9.59 Å². The number of carbonyl (C=O) groups is 2. The van der Waals surface area contributed by atoms with Crippen LogP contribution in [0.25, 0.3) is 0 Å². The molecule has 0 fully saturated rings. The van der Waals surface area contributed by atoms with Crippen molar-refractivity contribution in [1.29, 1.82) is 0 Å². The standard InChI is InChI=1S/C18H17N5O2/c1-23-12-13(11-19-23)17(24)20-15-8-5-9-16(10-15)22-18(25)21-14-6-3-2-4-7-14/h2-12H,1H3,(H,20,24)(H2,21,22,25). The summed E-state index contributed by atoms with van der Waals surface area (Å²) in [6, 6.07) is 15.7. The van der Waals surface area contributed by atoms with Gasteiger partial charge in [-0.05, 0) is 30.3 Å². The number of aromatic nitrogens is 2. The first-order chi connectivity index (χ1) is 12.1. The Morgan fingerprint density at radius 1 is 0.880 bits per heavy atom. The van der Waals surface area contributed by atoms with Crippen LogP contribution in [0.3, 0.4) is 0 Å². The van der Waals surface area contributed by atoms with Crippen molar-refractivity contribution in [2.24, 2.45) is 7.05 Å². The second-order valence-electron chi connectivity index (χ2n) is 5.38. The molecule has 0 aliphatic carbocycles. The van der Waals surface area contributed by atoms with Crippen molar-refractivity contribution in [3.8, 4) is 0 Å². The average Bonchev–Trinajstić information content (AvgIpc) is 3.02. The lowest BCUT2D eigenvalue weighted by molar-refractivity contribution is 0.102. The zero-order valence-corrected chi connectivity index (χ0v) is 13.6. The predicted octanol–water partition coefficient (Wildman–Crippen LogP) is 3.32. The van der Waals surface area contributed by atoms with Crippen molar-refractivity contribution in [3.63, 3.8) is 0 Å². The molecule has 2 aromatic carbocycles. The SMILES string of the molecule is Cn1cc(C(=O)Nc2cccc(NC(=O)Nc3ccccc3)c2)cn1. The number of nitrogens with zero attached hydrogens (tertiary/aromatic N) is 2. The Kier molecular flexibility index (Phi) is 4.75. The monoisotopic (exact) mass is 335 g/mol. The van der Waals surface area contributed by atoms with Crippen LogP contribution in [0, 0.1) is 0 Å². The van der Waals surface area contributed by atoms with Gasteiger partial charge in [0, 0.05) is 30.3 Å². The van der Waals surface area contributed by atoms with Gasteiger partial charge in [0.1, 0.15) is 0 Å². The minimum absolute atomic E-state index is 0.265. The molecular weight excluding hydrogens is 318 g/mol. The van der Waals surface area contributed by atoms with Crippen molar-refractivity contribution in [2.75, 3.05) is 16.0 Å². The molecule has 3 rings (SSSR count). The number of rotatable bonds is 4. The number of para-hydroxylation sites is 1. The van der Waals surface area contributed by atoms with Crippen LogP contribution in [-0.4, -0.2) is 21.7 Å². The molecule has 0 saturated heterocycles. The van der Waals surface area contributed by atoms with E-state index in [2.05, 4.69) is 21.0 Å². The van der Waals surface area contributed by atoms with Gasteiger partial charge in [0.05, 0.1) is 11.8 Å². The third-order valence-corrected chi connectivity index (χ3v) is 3.38. The summed E-state index contributed by atoms with van der Waals surface area (Å²) in [5.74, 6) is -0.265. The Morgan fingerprint density at radius 3 is 2.20 bits per heavy atom. The summed E-state index contributed by atoms with van der Waals surface area (Å²) >= 11 is 0. The maximum absolute atomic E-state index is 12.1. The van der Waals surface area contributed by atoms with Crippen LogP contribution >= 0.6 is 0 Å². The van der Waals surface area contributed by atoms with Crippen molar-refractivity contribution in [3.05, 3.63) is 72.6 Å². The molecule has 0 aliphatic heterocycles. The number of nitrogens with one attached hydrogen (secondary N) is 3. The number of hydrogen-bond acceptors (Lipinski definition) is 3. The maximum Gasteiger partial charge on any atom is 0.323 e. The van der Waals surface area contributed by atoms with Crippen molar-refractivity contribution in [2.45, 2.75) is 0 Å². The highest BCUT2D eigenvalue weighted by atomic mass is 16.2. The molecule has 3 N–H and O–H groups in total. The van der Waals surface area contributed by atoms with Crippen LogP contribution in [0.1, 0.15) is 10.4 Å². The molecule has 1 heterocycles. The molecule has 0 bridgehead atoms. The molecule has 7 heteroatoms. The highest BCUT2D eigenvalue weighted by Gasteiger charge is 2.09. The van der Waals surface area contributed by atoms with Gasteiger partial charge in [-0.2, -0.15) is 5.10 Å². The van der Waals surface area contributed by atoms with Gasteiger partial charge in [-0.25, -0.2) is 4.79 Å². The highest BCUT2D eigenvalue weighted by Crippen LogP contribution is 2.16. The van der Waals surface area contributed by atoms with Crippen LogP contribution in [0.5, 0.6) is 0 Å². The van der Waals surface area contributed by atoms with Crippen LogP contribution in [0.4, 0.5) is 21.9 Å². The van der Waals surface area contributed by atoms with E-state index in [-0.39, 0.29) is 11.9 Å². The molecule has 1 aromatic heterocycles. The van der Waals surface area contributed by atoms with E-state index < -0.39 is 0 Å². The smallest absolute Gasteiger partial charge is 0.322 e. The van der Waals surface area contributed by atoms with Crippen LogP contribution in [-0.2, 0) is 7.05 Å². The number of hydrogen-bond donors (Lipinski definition) is 3. The first-order valence-corrected chi connectivity index (χ1v) is 7.63. The predicted molar refractivity (Wildman–Crippen MR) is 96.7 cm³/mol. The molecule has 3 amide bonds. The molecule has 7 nitrogen and oxygen atoms in total.